The van der Waals surface area contributed by atoms with Gasteiger partial charge in [-0.05, 0) is 19.1 Å². The zero-order valence-electron chi connectivity index (χ0n) is 9.43. The molecule has 1 aromatic rings. The Bertz CT molecular complexity index is 332. The Morgan fingerprint density at radius 2 is 1.65 bits per heavy atom. The average molecular weight is 354 g/mol. The Morgan fingerprint density at radius 3 is 1.94 bits per heavy atom. The van der Waals surface area contributed by atoms with E-state index in [9.17, 15) is 0 Å². The van der Waals surface area contributed by atoms with Gasteiger partial charge in [0, 0.05) is 12.2 Å². The van der Waals surface area contributed by atoms with Gasteiger partial charge >= 0.3 is 19.5 Å². The fourth-order valence-corrected chi connectivity index (χ4v) is 1.31. The molecule has 0 saturated heterocycles. The first kappa shape index (κ1) is 19.4. The van der Waals surface area contributed by atoms with Gasteiger partial charge < -0.3 is 60.3 Å². The first-order valence-electron chi connectivity index (χ1n) is 4.54. The van der Waals surface area contributed by atoms with Gasteiger partial charge in [-0.3, -0.25) is 0 Å². The molecule has 0 bridgehead atoms. The summed E-state index contributed by atoms with van der Waals surface area (Å²) in [5, 5.41) is 5.61. The predicted octanol–water partition coefficient (Wildman–Crippen LogP) is 2.36. The molecule has 0 aromatic heterocycles. The molecule has 0 radical (unpaired) electrons. The van der Waals surface area contributed by atoms with Gasteiger partial charge in [0.2, 0.25) is 0 Å². The van der Waals surface area contributed by atoms with Crippen molar-refractivity contribution in [3.05, 3.63) is 30.3 Å². The minimum atomic E-state index is 0. The number of nitrogens with one attached hydrogen (secondary N) is 2. The van der Waals surface area contributed by atoms with Crippen LogP contribution in [0, 0.1) is 0 Å². The summed E-state index contributed by atoms with van der Waals surface area (Å²) < 4.78 is 0.837. The molecule has 0 atom stereocenters. The van der Waals surface area contributed by atoms with Gasteiger partial charge in [0.1, 0.15) is 0 Å². The standard InChI is InChI=1S/C7H7NS2.C3H7NS2.Zn/c9-7(10)8-6-4-2-1-3-5-6;1-2-4-3(5)6;/h1-5H,(H2,8,9,10);2H2,1H3,(H2,4,5,6);/q;;+2/p-2. The maximum atomic E-state index is 4.68. The Hall–Kier alpha value is 0.0634. The van der Waals surface area contributed by atoms with Crippen LogP contribution in [0.5, 0.6) is 0 Å². The van der Waals surface area contributed by atoms with E-state index in [2.05, 4.69) is 60.3 Å². The monoisotopic (exact) mass is 352 g/mol. The zero-order valence-corrected chi connectivity index (χ0v) is 15.7. The minimum Gasteiger partial charge on any atom is -0.412 e. The molecule has 0 unspecified atom stereocenters. The van der Waals surface area contributed by atoms with Crippen LogP contribution in [-0.2, 0) is 44.7 Å². The zero-order chi connectivity index (χ0) is 12.4. The second kappa shape index (κ2) is 12.5. The Balaban J connectivity index is 0. The molecule has 0 aliphatic heterocycles. The van der Waals surface area contributed by atoms with Gasteiger partial charge in [0.05, 0.1) is 0 Å². The van der Waals surface area contributed by atoms with Crippen LogP contribution in [0.4, 0.5) is 5.69 Å². The van der Waals surface area contributed by atoms with Gasteiger partial charge in [0.25, 0.3) is 0 Å². The molecule has 0 spiro atoms. The second-order valence-electron chi connectivity index (χ2n) is 2.60. The molecule has 88 valence electrons. The van der Waals surface area contributed by atoms with Crippen molar-refractivity contribution < 1.29 is 19.5 Å². The summed E-state index contributed by atoms with van der Waals surface area (Å²) in [5.41, 5.74) is 0.947. The molecule has 0 aliphatic carbocycles. The van der Waals surface area contributed by atoms with E-state index in [0.29, 0.717) is 8.64 Å². The molecular formula is C10H12N2S4Zn. The molecule has 0 saturated carbocycles. The number of hydrogen-bond acceptors (Lipinski definition) is 4. The molecule has 7 heteroatoms. The Labute approximate surface area is 137 Å². The van der Waals surface area contributed by atoms with Crippen molar-refractivity contribution in [2.45, 2.75) is 6.92 Å². The molecular weight excluding hydrogens is 342 g/mol. The van der Waals surface area contributed by atoms with Gasteiger partial charge in [-0.15, -0.1) is 0 Å². The first-order valence-corrected chi connectivity index (χ1v) is 6.17. The number of thiocarbonyl (C=S) groups is 2. The SMILES string of the molecule is CCNC(=S)[S-].S=C([S-])Nc1ccccc1.[Zn+2]. The van der Waals surface area contributed by atoms with E-state index in [0.717, 1.165) is 12.2 Å². The van der Waals surface area contributed by atoms with Crippen LogP contribution in [-0.4, -0.2) is 15.2 Å². The number of hydrogen-bond donors (Lipinski definition) is 2. The number of para-hydroxylation sites is 1. The van der Waals surface area contributed by atoms with Crippen molar-refractivity contribution >= 4 is 64.0 Å². The van der Waals surface area contributed by atoms with Gasteiger partial charge in [0.15, 0.2) is 0 Å². The number of rotatable bonds is 2. The number of benzene rings is 1. The van der Waals surface area contributed by atoms with Gasteiger partial charge in [-0.2, -0.15) is 0 Å². The maximum Gasteiger partial charge on any atom is 2.00 e. The van der Waals surface area contributed by atoms with Crippen LogP contribution in [0.3, 0.4) is 0 Å². The minimum absolute atomic E-state index is 0. The van der Waals surface area contributed by atoms with Crippen molar-refractivity contribution in [3.63, 3.8) is 0 Å². The van der Waals surface area contributed by atoms with Crippen molar-refractivity contribution in [1.29, 1.82) is 0 Å². The van der Waals surface area contributed by atoms with Crippen LogP contribution in [0.1, 0.15) is 6.92 Å². The van der Waals surface area contributed by atoms with E-state index in [1.807, 2.05) is 37.3 Å². The molecule has 0 fully saturated rings. The number of anilines is 1. The average Bonchev–Trinajstić information content (AvgIpc) is 2.18. The van der Waals surface area contributed by atoms with Crippen molar-refractivity contribution in [2.24, 2.45) is 0 Å². The normalized spacial score (nSPS) is 7.82. The maximum absolute atomic E-state index is 4.68. The van der Waals surface area contributed by atoms with E-state index in [1.54, 1.807) is 0 Å². The van der Waals surface area contributed by atoms with Crippen LogP contribution in [0.2, 0.25) is 0 Å². The molecule has 0 heterocycles. The van der Waals surface area contributed by atoms with Gasteiger partial charge in [-0.25, -0.2) is 0 Å². The summed E-state index contributed by atoms with van der Waals surface area (Å²) in [5.74, 6) is 0. The summed E-state index contributed by atoms with van der Waals surface area (Å²) in [4.78, 5) is 0. The van der Waals surface area contributed by atoms with E-state index in [4.69, 9.17) is 0 Å². The van der Waals surface area contributed by atoms with E-state index in [-0.39, 0.29) is 19.5 Å². The molecule has 1 rings (SSSR count). The Morgan fingerprint density at radius 1 is 1.12 bits per heavy atom. The van der Waals surface area contributed by atoms with Crippen LogP contribution >= 0.6 is 24.4 Å². The van der Waals surface area contributed by atoms with Crippen molar-refractivity contribution in [3.8, 4) is 0 Å². The smallest absolute Gasteiger partial charge is 0.412 e. The van der Waals surface area contributed by atoms with E-state index < -0.39 is 0 Å². The largest absolute Gasteiger partial charge is 2.00 e. The molecule has 0 amide bonds. The second-order valence-corrected chi connectivity index (χ2v) is 4.75. The molecule has 0 aliphatic rings. The van der Waals surface area contributed by atoms with Gasteiger partial charge in [-0.1, -0.05) is 26.8 Å². The van der Waals surface area contributed by atoms with Crippen molar-refractivity contribution in [2.75, 3.05) is 11.9 Å². The third kappa shape index (κ3) is 14.0. The van der Waals surface area contributed by atoms with Crippen LogP contribution < -0.4 is 10.6 Å². The molecule has 2 nitrogen and oxygen atoms in total. The van der Waals surface area contributed by atoms with E-state index in [1.165, 1.54) is 0 Å². The Kier molecular flexibility index (Phi) is 14.3. The third-order valence-electron chi connectivity index (χ3n) is 1.34. The summed E-state index contributed by atoms with van der Waals surface area (Å²) >= 11 is 18.4. The summed E-state index contributed by atoms with van der Waals surface area (Å²) in [6.45, 7) is 2.79. The fourth-order valence-electron chi connectivity index (χ4n) is 0.784. The van der Waals surface area contributed by atoms with Crippen molar-refractivity contribution in [1.82, 2.24) is 5.32 Å². The van der Waals surface area contributed by atoms with E-state index >= 15 is 0 Å². The third-order valence-corrected chi connectivity index (χ3v) is 1.83. The predicted molar refractivity (Wildman–Crippen MR) is 83.7 cm³/mol. The summed E-state index contributed by atoms with van der Waals surface area (Å²) in [6, 6.07) is 9.63. The fraction of sp³-hybridized carbons (Fsp3) is 0.200. The summed E-state index contributed by atoms with van der Waals surface area (Å²) in [6.07, 6.45) is 0. The van der Waals surface area contributed by atoms with Crippen LogP contribution in [0.25, 0.3) is 0 Å². The summed E-state index contributed by atoms with van der Waals surface area (Å²) in [7, 11) is 0. The molecule has 17 heavy (non-hydrogen) atoms. The van der Waals surface area contributed by atoms with Crippen LogP contribution in [0.15, 0.2) is 30.3 Å². The first-order chi connectivity index (χ1) is 7.56. The molecule has 2 N–H and O–H groups in total. The molecule has 1 aromatic carbocycles. The quantitative estimate of drug-likeness (QED) is 0.481. The topological polar surface area (TPSA) is 24.1 Å².